The number of ketones is 1. The van der Waals surface area contributed by atoms with Gasteiger partial charge in [0.25, 0.3) is 11.8 Å². The van der Waals surface area contributed by atoms with Gasteiger partial charge in [-0.05, 0) is 48.5 Å². The number of imide groups is 1. The second-order valence-electron chi connectivity index (χ2n) is 6.81. The fourth-order valence-corrected chi connectivity index (χ4v) is 2.95. The summed E-state index contributed by atoms with van der Waals surface area (Å²) in [5.41, 5.74) is 1.23. The molecule has 0 spiro atoms. The largest absolute Gasteiger partial charge is 0.478 e. The van der Waals surface area contributed by atoms with E-state index in [1.807, 2.05) is 0 Å². The number of nitrogens with zero attached hydrogens (tertiary/aromatic N) is 1. The van der Waals surface area contributed by atoms with E-state index in [9.17, 15) is 24.0 Å². The van der Waals surface area contributed by atoms with Crippen LogP contribution < -0.4 is 10.6 Å². The first-order valence-corrected chi connectivity index (χ1v) is 9.50. The summed E-state index contributed by atoms with van der Waals surface area (Å²) in [5.74, 6) is -3.15. The number of carbonyl (C=O) groups is 5. The molecule has 10 heteroatoms. The third kappa shape index (κ3) is 5.24. The number of β-amino-alcohol motifs (C(OH)–C–C–N with tert-alkyl or cyclic N) is 1. The number of Topliss-reactive ketones (excluding diaryl/α,β-unsaturated/α-hetero) is 1. The topological polar surface area (TPSA) is 153 Å². The summed E-state index contributed by atoms with van der Waals surface area (Å²) in [6.07, 6.45) is 0.714. The van der Waals surface area contributed by atoms with E-state index < -0.39 is 35.9 Å². The minimum Gasteiger partial charge on any atom is -0.478 e. The van der Waals surface area contributed by atoms with E-state index in [4.69, 9.17) is 10.2 Å². The highest BCUT2D eigenvalue weighted by molar-refractivity contribution is 6.17. The second-order valence-corrected chi connectivity index (χ2v) is 6.81. The maximum atomic E-state index is 12.4. The number of aromatic carboxylic acids is 1. The average Bonchev–Trinajstić information content (AvgIpc) is 3.02. The van der Waals surface area contributed by atoms with Crippen molar-refractivity contribution in [3.05, 3.63) is 71.4 Å². The number of carbonyl (C=O) groups excluding carboxylic acids is 4. The Morgan fingerprint density at radius 3 is 2.06 bits per heavy atom. The molecule has 10 nitrogen and oxygen atoms in total. The molecule has 164 valence electrons. The van der Waals surface area contributed by atoms with Gasteiger partial charge >= 0.3 is 5.97 Å². The van der Waals surface area contributed by atoms with Crippen LogP contribution in [0.2, 0.25) is 0 Å². The summed E-state index contributed by atoms with van der Waals surface area (Å²) < 4.78 is 0. The molecule has 3 amide bonds. The first-order valence-electron chi connectivity index (χ1n) is 9.50. The summed E-state index contributed by atoms with van der Waals surface area (Å²) in [6.45, 7) is -0.435. The summed E-state index contributed by atoms with van der Waals surface area (Å²) >= 11 is 0. The molecule has 1 aliphatic rings. The lowest BCUT2D eigenvalue weighted by Gasteiger charge is -2.13. The third-order valence-corrected chi connectivity index (χ3v) is 4.56. The van der Waals surface area contributed by atoms with E-state index in [-0.39, 0.29) is 30.0 Å². The SMILES string of the molecule is O=C(CC(=O)c1ccc(NC2=CC(=O)N(CCO)C2=O)cc1)Nc1ccc(C(=O)O)cc1. The highest BCUT2D eigenvalue weighted by Crippen LogP contribution is 2.18. The summed E-state index contributed by atoms with van der Waals surface area (Å²) in [7, 11) is 0. The van der Waals surface area contributed by atoms with E-state index in [1.165, 1.54) is 48.5 Å². The molecule has 0 radical (unpaired) electrons. The van der Waals surface area contributed by atoms with Gasteiger partial charge in [-0.25, -0.2) is 4.79 Å². The van der Waals surface area contributed by atoms with Gasteiger partial charge in [-0.2, -0.15) is 0 Å². The Kier molecular flexibility index (Phi) is 6.76. The van der Waals surface area contributed by atoms with Crippen molar-refractivity contribution in [1.29, 1.82) is 0 Å². The quantitative estimate of drug-likeness (QED) is 0.260. The maximum Gasteiger partial charge on any atom is 0.335 e. The molecule has 2 aromatic carbocycles. The first-order chi connectivity index (χ1) is 15.3. The van der Waals surface area contributed by atoms with E-state index >= 15 is 0 Å². The molecule has 0 unspecified atom stereocenters. The van der Waals surface area contributed by atoms with Crippen molar-refractivity contribution in [3.8, 4) is 0 Å². The number of carboxylic acid groups (broad SMARTS) is 1. The molecular weight excluding hydrogens is 418 g/mol. The molecule has 0 aliphatic carbocycles. The van der Waals surface area contributed by atoms with Gasteiger partial charge in [-0.15, -0.1) is 0 Å². The molecule has 0 aromatic heterocycles. The number of amides is 3. The Bertz CT molecular complexity index is 1110. The summed E-state index contributed by atoms with van der Waals surface area (Å²) in [4.78, 5) is 60.1. The van der Waals surface area contributed by atoms with Crippen LogP contribution in [0, 0.1) is 0 Å². The molecule has 1 aliphatic heterocycles. The van der Waals surface area contributed by atoms with Crippen LogP contribution in [0.15, 0.2) is 60.3 Å². The van der Waals surface area contributed by atoms with Crippen molar-refractivity contribution in [1.82, 2.24) is 4.90 Å². The maximum absolute atomic E-state index is 12.4. The molecule has 0 saturated heterocycles. The van der Waals surface area contributed by atoms with Crippen molar-refractivity contribution in [3.63, 3.8) is 0 Å². The van der Waals surface area contributed by atoms with Crippen LogP contribution in [0.5, 0.6) is 0 Å². The monoisotopic (exact) mass is 437 g/mol. The number of hydrogen-bond donors (Lipinski definition) is 4. The number of hydrogen-bond acceptors (Lipinski definition) is 7. The van der Waals surface area contributed by atoms with E-state index in [2.05, 4.69) is 10.6 Å². The van der Waals surface area contributed by atoms with Crippen molar-refractivity contribution in [2.24, 2.45) is 0 Å². The lowest BCUT2D eigenvalue weighted by atomic mass is 10.1. The molecular formula is C22H19N3O7. The Labute approximate surface area is 182 Å². The molecule has 3 rings (SSSR count). The van der Waals surface area contributed by atoms with Crippen LogP contribution in [0.1, 0.15) is 27.1 Å². The van der Waals surface area contributed by atoms with Gasteiger partial charge in [0.1, 0.15) is 5.70 Å². The number of rotatable bonds is 9. The fraction of sp³-hybridized carbons (Fsp3) is 0.136. The van der Waals surface area contributed by atoms with Crippen LogP contribution in [0.3, 0.4) is 0 Å². The number of nitrogens with one attached hydrogen (secondary N) is 2. The Hall–Kier alpha value is -4.31. The zero-order valence-electron chi connectivity index (χ0n) is 16.7. The van der Waals surface area contributed by atoms with Crippen LogP contribution in [0.4, 0.5) is 11.4 Å². The van der Waals surface area contributed by atoms with Crippen LogP contribution in [0.25, 0.3) is 0 Å². The highest BCUT2D eigenvalue weighted by Gasteiger charge is 2.30. The smallest absolute Gasteiger partial charge is 0.335 e. The van der Waals surface area contributed by atoms with Crippen molar-refractivity contribution in [2.75, 3.05) is 23.8 Å². The zero-order chi connectivity index (χ0) is 23.3. The van der Waals surface area contributed by atoms with Gasteiger partial charge in [-0.1, -0.05) is 0 Å². The molecule has 0 saturated carbocycles. The van der Waals surface area contributed by atoms with Gasteiger partial charge < -0.3 is 20.8 Å². The van der Waals surface area contributed by atoms with E-state index in [0.29, 0.717) is 11.4 Å². The van der Waals surface area contributed by atoms with Crippen molar-refractivity contribution < 1.29 is 34.2 Å². The minimum absolute atomic E-state index is 0.0517. The Balaban J connectivity index is 1.56. The first kappa shape index (κ1) is 22.4. The van der Waals surface area contributed by atoms with E-state index in [0.717, 1.165) is 11.0 Å². The normalized spacial score (nSPS) is 13.0. The second kappa shape index (κ2) is 9.67. The van der Waals surface area contributed by atoms with Gasteiger partial charge in [0.05, 0.1) is 25.1 Å². The van der Waals surface area contributed by atoms with Crippen molar-refractivity contribution >= 4 is 40.8 Å². The van der Waals surface area contributed by atoms with Gasteiger partial charge in [0.15, 0.2) is 5.78 Å². The lowest BCUT2D eigenvalue weighted by molar-refractivity contribution is -0.137. The van der Waals surface area contributed by atoms with Gasteiger partial charge in [-0.3, -0.25) is 24.1 Å². The molecule has 0 atom stereocenters. The molecule has 4 N–H and O–H groups in total. The predicted octanol–water partition coefficient (Wildman–Crippen LogP) is 1.25. The van der Waals surface area contributed by atoms with Crippen LogP contribution in [-0.2, 0) is 14.4 Å². The van der Waals surface area contributed by atoms with Crippen LogP contribution in [-0.4, -0.2) is 57.7 Å². The minimum atomic E-state index is -1.08. The number of benzene rings is 2. The highest BCUT2D eigenvalue weighted by atomic mass is 16.4. The third-order valence-electron chi connectivity index (χ3n) is 4.56. The Morgan fingerprint density at radius 1 is 0.875 bits per heavy atom. The molecule has 0 bridgehead atoms. The average molecular weight is 437 g/mol. The standard InChI is InChI=1S/C22H19N3O7/c26-10-9-25-20(29)11-17(21(25)30)23-15-5-1-13(2-6-15)18(27)12-19(28)24-16-7-3-14(4-8-16)22(31)32/h1-8,11,23,26H,9-10,12H2,(H,24,28)(H,31,32). The zero-order valence-corrected chi connectivity index (χ0v) is 16.7. The predicted molar refractivity (Wildman–Crippen MR) is 113 cm³/mol. The lowest BCUT2D eigenvalue weighted by Crippen LogP contribution is -2.34. The van der Waals surface area contributed by atoms with Crippen molar-refractivity contribution in [2.45, 2.75) is 6.42 Å². The summed E-state index contributed by atoms with van der Waals surface area (Å²) in [6, 6.07) is 11.6. The number of carboxylic acids is 1. The molecule has 32 heavy (non-hydrogen) atoms. The van der Waals surface area contributed by atoms with Gasteiger partial charge in [0.2, 0.25) is 5.91 Å². The fourth-order valence-electron chi connectivity index (χ4n) is 2.95. The molecule has 1 heterocycles. The molecule has 2 aromatic rings. The molecule has 0 fully saturated rings. The van der Waals surface area contributed by atoms with Gasteiger partial charge in [0, 0.05) is 23.0 Å². The Morgan fingerprint density at radius 2 is 1.47 bits per heavy atom. The van der Waals surface area contributed by atoms with E-state index in [1.54, 1.807) is 0 Å². The number of anilines is 2. The summed E-state index contributed by atoms with van der Waals surface area (Å²) in [5, 5.41) is 23.1. The number of aliphatic hydroxyl groups is 1. The number of aliphatic hydroxyl groups excluding tert-OH is 1. The van der Waals surface area contributed by atoms with Crippen LogP contribution >= 0.6 is 0 Å².